The Morgan fingerprint density at radius 1 is 1.26 bits per heavy atom. The number of aryl methyl sites for hydroxylation is 1. The van der Waals surface area contributed by atoms with Crippen molar-refractivity contribution in [2.45, 2.75) is 51.5 Å². The monoisotopic (exact) mass is 372 g/mol. The number of nitrogens with zero attached hydrogens (tertiary/aromatic N) is 2. The zero-order valence-corrected chi connectivity index (χ0v) is 16.6. The number of rotatable bonds is 4. The molecule has 1 aromatic carbocycles. The summed E-state index contributed by atoms with van der Waals surface area (Å²) in [5.74, 6) is 1.83. The van der Waals surface area contributed by atoms with Crippen LogP contribution in [0.5, 0.6) is 5.75 Å². The van der Waals surface area contributed by atoms with Crippen molar-refractivity contribution in [2.24, 2.45) is 10.9 Å². The van der Waals surface area contributed by atoms with Crippen molar-refractivity contribution in [3.05, 3.63) is 28.8 Å². The number of likely N-dealkylation sites (tertiary alicyclic amines) is 1. The molecule has 0 aromatic heterocycles. The summed E-state index contributed by atoms with van der Waals surface area (Å²) in [4.78, 5) is 18.3. The second kappa shape index (κ2) is 9.11. The molecule has 3 N–H and O–H groups in total. The number of hydrogen-bond acceptors (Lipinski definition) is 3. The van der Waals surface area contributed by atoms with Crippen LogP contribution in [-0.2, 0) is 24.2 Å². The minimum absolute atomic E-state index is 0.125. The highest BCUT2D eigenvalue weighted by atomic mass is 16.3. The molecular formula is C21H32N4O2. The zero-order chi connectivity index (χ0) is 19.2. The molecule has 1 fully saturated rings. The van der Waals surface area contributed by atoms with Crippen LogP contribution >= 0.6 is 0 Å². The van der Waals surface area contributed by atoms with Crippen LogP contribution in [0.25, 0.3) is 0 Å². The van der Waals surface area contributed by atoms with Crippen molar-refractivity contribution in [3.8, 4) is 5.75 Å². The van der Waals surface area contributed by atoms with Gasteiger partial charge < -0.3 is 20.6 Å². The maximum atomic E-state index is 11.6. The van der Waals surface area contributed by atoms with Gasteiger partial charge in [0.2, 0.25) is 5.91 Å². The number of amides is 1. The first-order chi connectivity index (χ1) is 13.1. The van der Waals surface area contributed by atoms with Gasteiger partial charge in [0.15, 0.2) is 5.96 Å². The molecule has 148 valence electrons. The number of carbonyl (C=O) groups is 1. The van der Waals surface area contributed by atoms with E-state index in [2.05, 4.69) is 26.6 Å². The summed E-state index contributed by atoms with van der Waals surface area (Å²) in [6.45, 7) is 2.40. The number of piperidine rings is 1. The molecule has 3 rings (SSSR count). The molecule has 1 saturated heterocycles. The Labute approximate surface area is 162 Å². The van der Waals surface area contributed by atoms with Crippen LogP contribution in [0.4, 0.5) is 0 Å². The number of fused-ring (bicyclic) bond motifs is 1. The van der Waals surface area contributed by atoms with Gasteiger partial charge in [-0.3, -0.25) is 9.79 Å². The van der Waals surface area contributed by atoms with Crippen molar-refractivity contribution < 1.29 is 9.90 Å². The summed E-state index contributed by atoms with van der Waals surface area (Å²) < 4.78 is 0. The number of hydrogen-bond donors (Lipinski definition) is 3. The molecule has 1 heterocycles. The standard InChI is InChI=1S/C21H32N4O2/c1-22-20(27)13-15-9-11-25(12-10-15)21(23-2)24-14-18-17-6-4-3-5-16(17)7-8-19(18)26/h7-8,15,26H,3-6,9-14H2,1-2H3,(H,22,27)(H,23,24). The molecule has 1 aliphatic heterocycles. The van der Waals surface area contributed by atoms with Gasteiger partial charge >= 0.3 is 0 Å². The van der Waals surface area contributed by atoms with Crippen LogP contribution in [0.15, 0.2) is 17.1 Å². The largest absolute Gasteiger partial charge is 0.508 e. The molecule has 1 aliphatic carbocycles. The van der Waals surface area contributed by atoms with Crippen molar-refractivity contribution in [2.75, 3.05) is 27.2 Å². The summed E-state index contributed by atoms with van der Waals surface area (Å²) in [6.07, 6.45) is 7.19. The summed E-state index contributed by atoms with van der Waals surface area (Å²) in [5, 5.41) is 16.5. The second-order valence-corrected chi connectivity index (χ2v) is 7.62. The van der Waals surface area contributed by atoms with E-state index in [9.17, 15) is 9.90 Å². The molecule has 0 saturated carbocycles. The maximum absolute atomic E-state index is 11.6. The third-order valence-corrected chi connectivity index (χ3v) is 5.93. The van der Waals surface area contributed by atoms with Crippen LogP contribution in [-0.4, -0.2) is 49.1 Å². The van der Waals surface area contributed by atoms with Gasteiger partial charge in [0.25, 0.3) is 0 Å². The van der Waals surface area contributed by atoms with Crippen LogP contribution in [0, 0.1) is 5.92 Å². The number of phenolic OH excluding ortho intramolecular Hbond substituents is 1. The quantitative estimate of drug-likeness (QED) is 0.559. The van der Waals surface area contributed by atoms with Gasteiger partial charge in [-0.1, -0.05) is 6.07 Å². The van der Waals surface area contributed by atoms with Gasteiger partial charge in [0, 0.05) is 45.7 Å². The number of guanidine groups is 1. The van der Waals surface area contributed by atoms with Crippen LogP contribution < -0.4 is 10.6 Å². The van der Waals surface area contributed by atoms with Gasteiger partial charge in [-0.15, -0.1) is 0 Å². The molecule has 27 heavy (non-hydrogen) atoms. The third kappa shape index (κ3) is 4.73. The summed E-state index contributed by atoms with van der Waals surface area (Å²) in [6, 6.07) is 3.90. The average molecular weight is 373 g/mol. The fraction of sp³-hybridized carbons (Fsp3) is 0.619. The molecule has 1 aromatic rings. The lowest BCUT2D eigenvalue weighted by Crippen LogP contribution is -2.45. The van der Waals surface area contributed by atoms with E-state index in [1.165, 1.54) is 24.0 Å². The molecular weight excluding hydrogens is 340 g/mol. The van der Waals surface area contributed by atoms with Gasteiger partial charge in [-0.2, -0.15) is 0 Å². The van der Waals surface area contributed by atoms with Gasteiger partial charge in [-0.05, 0) is 61.6 Å². The molecule has 0 unspecified atom stereocenters. The Balaban J connectivity index is 1.59. The van der Waals surface area contributed by atoms with Crippen LogP contribution in [0.3, 0.4) is 0 Å². The molecule has 0 radical (unpaired) electrons. The second-order valence-electron chi connectivity index (χ2n) is 7.62. The van der Waals surface area contributed by atoms with E-state index in [4.69, 9.17) is 0 Å². The third-order valence-electron chi connectivity index (χ3n) is 5.93. The SMILES string of the molecule is CN=C(NCc1c(O)ccc2c1CCCC2)N1CCC(CC(=O)NC)CC1. The van der Waals surface area contributed by atoms with E-state index in [1.54, 1.807) is 14.1 Å². The van der Waals surface area contributed by atoms with E-state index in [-0.39, 0.29) is 5.91 Å². The Bertz CT molecular complexity index is 694. The fourth-order valence-corrected chi connectivity index (χ4v) is 4.30. The molecule has 6 nitrogen and oxygen atoms in total. The Hall–Kier alpha value is -2.24. The van der Waals surface area contributed by atoms with Crippen LogP contribution in [0.2, 0.25) is 0 Å². The van der Waals surface area contributed by atoms with E-state index in [0.717, 1.165) is 50.3 Å². The Morgan fingerprint density at radius 3 is 2.70 bits per heavy atom. The predicted molar refractivity (Wildman–Crippen MR) is 108 cm³/mol. The lowest BCUT2D eigenvalue weighted by molar-refractivity contribution is -0.121. The Kier molecular flexibility index (Phi) is 6.58. The molecule has 6 heteroatoms. The van der Waals surface area contributed by atoms with Crippen molar-refractivity contribution >= 4 is 11.9 Å². The van der Waals surface area contributed by atoms with Crippen molar-refractivity contribution in [1.82, 2.24) is 15.5 Å². The van der Waals surface area contributed by atoms with E-state index < -0.39 is 0 Å². The first-order valence-corrected chi connectivity index (χ1v) is 10.1. The van der Waals surface area contributed by atoms with E-state index in [0.29, 0.717) is 24.6 Å². The minimum Gasteiger partial charge on any atom is -0.508 e. The summed E-state index contributed by atoms with van der Waals surface area (Å²) >= 11 is 0. The highest BCUT2D eigenvalue weighted by molar-refractivity contribution is 5.80. The number of aliphatic imine (C=N–C) groups is 1. The minimum atomic E-state index is 0.125. The smallest absolute Gasteiger partial charge is 0.220 e. The number of benzene rings is 1. The normalized spacial score (nSPS) is 18.1. The average Bonchev–Trinajstić information content (AvgIpc) is 2.70. The van der Waals surface area contributed by atoms with E-state index >= 15 is 0 Å². The topological polar surface area (TPSA) is 77.0 Å². The number of aromatic hydroxyl groups is 1. The fourth-order valence-electron chi connectivity index (χ4n) is 4.30. The lowest BCUT2D eigenvalue weighted by Gasteiger charge is -2.34. The molecule has 1 amide bonds. The molecule has 0 spiro atoms. The first kappa shape index (κ1) is 19.5. The molecule has 0 atom stereocenters. The number of carbonyl (C=O) groups excluding carboxylic acids is 1. The van der Waals surface area contributed by atoms with Gasteiger partial charge in [0.1, 0.15) is 5.75 Å². The summed E-state index contributed by atoms with van der Waals surface area (Å²) in [5.41, 5.74) is 3.71. The van der Waals surface area contributed by atoms with Crippen molar-refractivity contribution in [3.63, 3.8) is 0 Å². The first-order valence-electron chi connectivity index (χ1n) is 10.1. The summed E-state index contributed by atoms with van der Waals surface area (Å²) in [7, 11) is 3.50. The van der Waals surface area contributed by atoms with Crippen molar-refractivity contribution in [1.29, 1.82) is 0 Å². The predicted octanol–water partition coefficient (Wildman–Crippen LogP) is 2.19. The Morgan fingerprint density at radius 2 is 2.00 bits per heavy atom. The number of phenols is 1. The van der Waals surface area contributed by atoms with Crippen LogP contribution in [0.1, 0.15) is 48.8 Å². The maximum Gasteiger partial charge on any atom is 0.220 e. The van der Waals surface area contributed by atoms with Gasteiger partial charge in [-0.25, -0.2) is 0 Å². The van der Waals surface area contributed by atoms with Gasteiger partial charge in [0.05, 0.1) is 0 Å². The highest BCUT2D eigenvalue weighted by Gasteiger charge is 2.23. The lowest BCUT2D eigenvalue weighted by atomic mass is 9.88. The molecule has 2 aliphatic rings. The zero-order valence-electron chi connectivity index (χ0n) is 16.6. The highest BCUT2D eigenvalue weighted by Crippen LogP contribution is 2.30. The number of nitrogens with one attached hydrogen (secondary N) is 2. The van der Waals surface area contributed by atoms with E-state index in [1.807, 2.05) is 6.07 Å². The molecule has 0 bridgehead atoms.